The molecule has 0 unspecified atom stereocenters. The lowest BCUT2D eigenvalue weighted by Gasteiger charge is -2.10. The van der Waals surface area contributed by atoms with Gasteiger partial charge in [-0.3, -0.25) is 9.59 Å². The SMILES string of the molecule is CCC(=O)Nc1ccc(C(=O)NCc2ccccc2OC)cc1. The van der Waals surface area contributed by atoms with Crippen molar-refractivity contribution in [2.45, 2.75) is 19.9 Å². The molecule has 0 saturated heterocycles. The average molecular weight is 312 g/mol. The van der Waals surface area contributed by atoms with Crippen LogP contribution in [0.5, 0.6) is 5.75 Å². The predicted octanol–water partition coefficient (Wildman–Crippen LogP) is 2.97. The van der Waals surface area contributed by atoms with Crippen molar-refractivity contribution in [3.63, 3.8) is 0 Å². The van der Waals surface area contributed by atoms with Crippen LogP contribution in [-0.4, -0.2) is 18.9 Å². The molecular formula is C18H20N2O3. The minimum absolute atomic E-state index is 0.0571. The van der Waals surface area contributed by atoms with E-state index in [0.29, 0.717) is 24.2 Å². The summed E-state index contributed by atoms with van der Waals surface area (Å²) in [6, 6.07) is 14.3. The molecule has 5 nitrogen and oxygen atoms in total. The number of amides is 2. The van der Waals surface area contributed by atoms with Gasteiger partial charge in [-0.05, 0) is 30.3 Å². The van der Waals surface area contributed by atoms with Crippen LogP contribution < -0.4 is 15.4 Å². The standard InChI is InChI=1S/C18H20N2O3/c1-3-17(21)20-15-10-8-13(9-11-15)18(22)19-12-14-6-4-5-7-16(14)23-2/h4-11H,3,12H2,1-2H3,(H,19,22)(H,20,21). The van der Waals surface area contributed by atoms with Crippen LogP contribution in [0.15, 0.2) is 48.5 Å². The molecule has 0 aliphatic heterocycles. The summed E-state index contributed by atoms with van der Waals surface area (Å²) in [5.41, 5.74) is 2.13. The molecule has 0 spiro atoms. The quantitative estimate of drug-likeness (QED) is 0.861. The Kier molecular flexibility index (Phi) is 5.74. The van der Waals surface area contributed by atoms with Crippen molar-refractivity contribution in [2.75, 3.05) is 12.4 Å². The van der Waals surface area contributed by atoms with Crippen LogP contribution in [-0.2, 0) is 11.3 Å². The van der Waals surface area contributed by atoms with E-state index in [1.807, 2.05) is 24.3 Å². The molecule has 120 valence electrons. The van der Waals surface area contributed by atoms with Crippen molar-refractivity contribution < 1.29 is 14.3 Å². The molecule has 0 aliphatic carbocycles. The van der Waals surface area contributed by atoms with Crippen molar-refractivity contribution >= 4 is 17.5 Å². The first kappa shape index (κ1) is 16.5. The number of rotatable bonds is 6. The minimum Gasteiger partial charge on any atom is -0.496 e. The number of hydrogen-bond acceptors (Lipinski definition) is 3. The molecule has 0 atom stereocenters. The van der Waals surface area contributed by atoms with Crippen molar-refractivity contribution in [3.05, 3.63) is 59.7 Å². The summed E-state index contributed by atoms with van der Waals surface area (Å²) in [4.78, 5) is 23.5. The second-order valence-electron chi connectivity index (χ2n) is 4.97. The first-order valence-corrected chi connectivity index (χ1v) is 7.44. The number of nitrogens with one attached hydrogen (secondary N) is 2. The van der Waals surface area contributed by atoms with Gasteiger partial charge in [-0.15, -0.1) is 0 Å². The number of anilines is 1. The Morgan fingerprint density at radius 2 is 1.74 bits per heavy atom. The minimum atomic E-state index is -0.177. The van der Waals surface area contributed by atoms with Gasteiger partial charge < -0.3 is 15.4 Å². The summed E-state index contributed by atoms with van der Waals surface area (Å²) in [5, 5.41) is 5.60. The van der Waals surface area contributed by atoms with Gasteiger partial charge in [0.15, 0.2) is 0 Å². The number of carbonyl (C=O) groups is 2. The zero-order chi connectivity index (χ0) is 16.7. The maximum atomic E-state index is 12.2. The topological polar surface area (TPSA) is 67.4 Å². The van der Waals surface area contributed by atoms with Gasteiger partial charge in [0, 0.05) is 29.8 Å². The van der Waals surface area contributed by atoms with Gasteiger partial charge in [0.05, 0.1) is 7.11 Å². The third-order valence-corrected chi connectivity index (χ3v) is 3.38. The summed E-state index contributed by atoms with van der Waals surface area (Å²) in [7, 11) is 1.60. The average Bonchev–Trinajstić information content (AvgIpc) is 2.60. The van der Waals surface area contributed by atoms with Gasteiger partial charge in [0.1, 0.15) is 5.75 Å². The van der Waals surface area contributed by atoms with Crippen LogP contribution >= 0.6 is 0 Å². The lowest BCUT2D eigenvalue weighted by molar-refractivity contribution is -0.115. The molecule has 0 radical (unpaired) electrons. The Bertz CT molecular complexity index is 681. The summed E-state index contributed by atoms with van der Waals surface area (Å²) >= 11 is 0. The summed E-state index contributed by atoms with van der Waals surface area (Å²) < 4.78 is 5.26. The smallest absolute Gasteiger partial charge is 0.251 e. The highest BCUT2D eigenvalue weighted by Gasteiger charge is 2.08. The van der Waals surface area contributed by atoms with E-state index in [9.17, 15) is 9.59 Å². The van der Waals surface area contributed by atoms with E-state index < -0.39 is 0 Å². The Morgan fingerprint density at radius 1 is 1.04 bits per heavy atom. The van der Waals surface area contributed by atoms with Crippen LogP contribution in [0, 0.1) is 0 Å². The van der Waals surface area contributed by atoms with Gasteiger partial charge in [-0.1, -0.05) is 25.1 Å². The first-order valence-electron chi connectivity index (χ1n) is 7.44. The summed E-state index contributed by atoms with van der Waals surface area (Å²) in [6.45, 7) is 2.17. The molecule has 0 fully saturated rings. The van der Waals surface area contributed by atoms with E-state index in [2.05, 4.69) is 10.6 Å². The normalized spacial score (nSPS) is 10.0. The third-order valence-electron chi connectivity index (χ3n) is 3.38. The van der Waals surface area contributed by atoms with Crippen LogP contribution in [0.4, 0.5) is 5.69 Å². The molecule has 2 aromatic rings. The van der Waals surface area contributed by atoms with E-state index in [4.69, 9.17) is 4.74 Å². The Balaban J connectivity index is 1.97. The van der Waals surface area contributed by atoms with Gasteiger partial charge in [0.2, 0.25) is 5.91 Å². The van der Waals surface area contributed by atoms with Crippen molar-refractivity contribution in [1.29, 1.82) is 0 Å². The van der Waals surface area contributed by atoms with Crippen LogP contribution in [0.3, 0.4) is 0 Å². The number of ether oxygens (including phenoxy) is 1. The lowest BCUT2D eigenvalue weighted by Crippen LogP contribution is -2.23. The molecule has 2 aromatic carbocycles. The van der Waals surface area contributed by atoms with Crippen molar-refractivity contribution in [2.24, 2.45) is 0 Å². The monoisotopic (exact) mass is 312 g/mol. The van der Waals surface area contributed by atoms with E-state index >= 15 is 0 Å². The molecule has 23 heavy (non-hydrogen) atoms. The van der Waals surface area contributed by atoms with Crippen molar-refractivity contribution in [1.82, 2.24) is 5.32 Å². The number of carbonyl (C=O) groups excluding carboxylic acids is 2. The molecule has 2 amide bonds. The van der Waals surface area contributed by atoms with Gasteiger partial charge in [0.25, 0.3) is 5.91 Å². The Labute approximate surface area is 135 Å². The third kappa shape index (κ3) is 4.57. The fourth-order valence-corrected chi connectivity index (χ4v) is 2.08. The van der Waals surface area contributed by atoms with Crippen LogP contribution in [0.1, 0.15) is 29.3 Å². The largest absolute Gasteiger partial charge is 0.496 e. The highest BCUT2D eigenvalue weighted by Crippen LogP contribution is 2.17. The zero-order valence-corrected chi connectivity index (χ0v) is 13.3. The fourth-order valence-electron chi connectivity index (χ4n) is 2.08. The second-order valence-corrected chi connectivity index (χ2v) is 4.97. The van der Waals surface area contributed by atoms with Crippen LogP contribution in [0.2, 0.25) is 0 Å². The molecule has 2 rings (SSSR count). The molecule has 0 aliphatic rings. The number of hydrogen-bond donors (Lipinski definition) is 2. The van der Waals surface area contributed by atoms with E-state index in [0.717, 1.165) is 11.3 Å². The predicted molar refractivity (Wildman–Crippen MR) is 89.5 cm³/mol. The Hall–Kier alpha value is -2.82. The summed E-state index contributed by atoms with van der Waals surface area (Å²) in [6.07, 6.45) is 0.418. The first-order chi connectivity index (χ1) is 11.1. The lowest BCUT2D eigenvalue weighted by atomic mass is 10.1. The molecule has 5 heteroatoms. The van der Waals surface area contributed by atoms with E-state index in [1.165, 1.54) is 0 Å². The van der Waals surface area contributed by atoms with E-state index in [-0.39, 0.29) is 11.8 Å². The highest BCUT2D eigenvalue weighted by atomic mass is 16.5. The van der Waals surface area contributed by atoms with Gasteiger partial charge in [-0.2, -0.15) is 0 Å². The second kappa shape index (κ2) is 7.98. The van der Waals surface area contributed by atoms with Crippen LogP contribution in [0.25, 0.3) is 0 Å². The molecule has 2 N–H and O–H groups in total. The highest BCUT2D eigenvalue weighted by molar-refractivity contribution is 5.95. The van der Waals surface area contributed by atoms with Gasteiger partial charge in [-0.25, -0.2) is 0 Å². The summed E-state index contributed by atoms with van der Waals surface area (Å²) in [5.74, 6) is 0.507. The molecular weight excluding hydrogens is 292 g/mol. The number of para-hydroxylation sites is 1. The molecule has 0 bridgehead atoms. The maximum absolute atomic E-state index is 12.2. The Morgan fingerprint density at radius 3 is 2.39 bits per heavy atom. The van der Waals surface area contributed by atoms with Crippen molar-refractivity contribution in [3.8, 4) is 5.75 Å². The fraction of sp³-hybridized carbons (Fsp3) is 0.222. The zero-order valence-electron chi connectivity index (χ0n) is 13.3. The van der Waals surface area contributed by atoms with Gasteiger partial charge >= 0.3 is 0 Å². The number of methoxy groups -OCH3 is 1. The van der Waals surface area contributed by atoms with E-state index in [1.54, 1.807) is 38.3 Å². The molecule has 0 saturated carbocycles. The molecule has 0 aromatic heterocycles. The number of benzene rings is 2. The maximum Gasteiger partial charge on any atom is 0.251 e. The molecule has 0 heterocycles.